The monoisotopic (exact) mass is 213 g/mol. The van der Waals surface area contributed by atoms with Crippen molar-refractivity contribution in [3.63, 3.8) is 0 Å². The van der Waals surface area contributed by atoms with Gasteiger partial charge in [-0.1, -0.05) is 11.6 Å². The van der Waals surface area contributed by atoms with E-state index in [9.17, 15) is 5.11 Å². The third-order valence-corrected chi connectivity index (χ3v) is 2.71. The predicted octanol–water partition coefficient (Wildman–Crippen LogP) is 1.68. The quantitative estimate of drug-likeness (QED) is 0.746. The van der Waals surface area contributed by atoms with Crippen LogP contribution in [0.25, 0.3) is 0 Å². The Bertz CT molecular complexity index is 354. The molecule has 2 N–H and O–H groups in total. The summed E-state index contributed by atoms with van der Waals surface area (Å²) in [5.41, 5.74) is 1.84. The maximum atomic E-state index is 9.51. The molecule has 0 aromatic heterocycles. The van der Waals surface area contributed by atoms with Crippen molar-refractivity contribution in [1.82, 2.24) is 0 Å². The number of halogens is 1. The van der Waals surface area contributed by atoms with Crippen molar-refractivity contribution in [1.29, 1.82) is 0 Å². The van der Waals surface area contributed by atoms with Gasteiger partial charge in [0.2, 0.25) is 0 Å². The fourth-order valence-corrected chi connectivity index (χ4v) is 1.96. The van der Waals surface area contributed by atoms with Gasteiger partial charge < -0.3 is 15.2 Å². The maximum Gasteiger partial charge on any atom is 0.124 e. The van der Waals surface area contributed by atoms with Gasteiger partial charge in [-0.25, -0.2) is 0 Å². The molecular formula is C10H12ClNO2. The summed E-state index contributed by atoms with van der Waals surface area (Å²) in [5.74, 6) is 0.774. The van der Waals surface area contributed by atoms with Gasteiger partial charge >= 0.3 is 0 Å². The number of β-amino-alcohol motifs (C(OH)–C–C–N with tert-alkyl or cyclic N) is 1. The Morgan fingerprint density at radius 2 is 2.36 bits per heavy atom. The minimum Gasteiger partial charge on any atom is -0.496 e. The molecule has 0 saturated carbocycles. The first-order chi connectivity index (χ1) is 6.72. The molecule has 0 radical (unpaired) electrons. The van der Waals surface area contributed by atoms with Gasteiger partial charge in [0, 0.05) is 18.5 Å². The van der Waals surface area contributed by atoms with Crippen LogP contribution in [0.3, 0.4) is 0 Å². The molecule has 14 heavy (non-hydrogen) atoms. The number of aliphatic hydroxyl groups is 1. The van der Waals surface area contributed by atoms with Gasteiger partial charge in [0.15, 0.2) is 0 Å². The number of benzene rings is 1. The third-order valence-electron chi connectivity index (χ3n) is 2.39. The van der Waals surface area contributed by atoms with E-state index in [4.69, 9.17) is 16.3 Å². The van der Waals surface area contributed by atoms with Crippen LogP contribution in [0.5, 0.6) is 5.75 Å². The second-order valence-electron chi connectivity index (χ2n) is 3.34. The number of methoxy groups -OCH3 is 1. The molecule has 2 rings (SSSR count). The Labute approximate surface area is 87.6 Å². The first kappa shape index (κ1) is 9.62. The van der Waals surface area contributed by atoms with Gasteiger partial charge in [-0.2, -0.15) is 0 Å². The largest absolute Gasteiger partial charge is 0.496 e. The molecule has 0 bridgehead atoms. The zero-order valence-corrected chi connectivity index (χ0v) is 8.64. The molecule has 1 aromatic carbocycles. The van der Waals surface area contributed by atoms with Gasteiger partial charge in [-0.05, 0) is 12.1 Å². The number of hydrogen-bond acceptors (Lipinski definition) is 3. The number of anilines is 1. The second kappa shape index (κ2) is 3.67. The standard InChI is InChI=1S/C10H12ClNO2/c1-14-9-3-2-8(11)10-7(9)4-6(13)5-12-10/h2-3,6,12-13H,4-5H2,1H3. The van der Waals surface area contributed by atoms with Crippen LogP contribution in [0.1, 0.15) is 5.56 Å². The van der Waals surface area contributed by atoms with Crippen molar-refractivity contribution in [2.45, 2.75) is 12.5 Å². The van der Waals surface area contributed by atoms with Crippen molar-refractivity contribution in [2.24, 2.45) is 0 Å². The molecule has 0 saturated heterocycles. The summed E-state index contributed by atoms with van der Waals surface area (Å²) in [6.07, 6.45) is 0.223. The van der Waals surface area contributed by atoms with Gasteiger partial charge in [0.25, 0.3) is 0 Å². The van der Waals surface area contributed by atoms with Crippen molar-refractivity contribution >= 4 is 17.3 Å². The molecule has 3 nitrogen and oxygen atoms in total. The number of hydrogen-bond donors (Lipinski definition) is 2. The van der Waals surface area contributed by atoms with E-state index in [0.29, 0.717) is 18.0 Å². The molecule has 76 valence electrons. The average molecular weight is 214 g/mol. The van der Waals surface area contributed by atoms with Crippen LogP contribution < -0.4 is 10.1 Å². The van der Waals surface area contributed by atoms with Gasteiger partial charge in [-0.3, -0.25) is 0 Å². The highest BCUT2D eigenvalue weighted by atomic mass is 35.5. The molecule has 1 aliphatic rings. The molecule has 1 unspecified atom stereocenters. The first-order valence-electron chi connectivity index (χ1n) is 4.49. The van der Waals surface area contributed by atoms with Crippen LogP contribution in [0.15, 0.2) is 12.1 Å². The molecule has 1 aromatic rings. The summed E-state index contributed by atoms with van der Waals surface area (Å²) in [7, 11) is 1.62. The number of ether oxygens (including phenoxy) is 1. The highest BCUT2D eigenvalue weighted by Gasteiger charge is 2.21. The average Bonchev–Trinajstić information content (AvgIpc) is 2.18. The fraction of sp³-hybridized carbons (Fsp3) is 0.400. The number of rotatable bonds is 1. The topological polar surface area (TPSA) is 41.5 Å². The molecule has 0 amide bonds. The fourth-order valence-electron chi connectivity index (χ4n) is 1.71. The summed E-state index contributed by atoms with van der Waals surface area (Å²) in [5, 5.41) is 13.3. The lowest BCUT2D eigenvalue weighted by Gasteiger charge is -2.25. The number of nitrogens with one attached hydrogen (secondary N) is 1. The molecule has 1 aliphatic heterocycles. The van der Waals surface area contributed by atoms with Crippen LogP contribution in [0, 0.1) is 0 Å². The lowest BCUT2D eigenvalue weighted by molar-refractivity contribution is 0.183. The van der Waals surface area contributed by atoms with Crippen molar-refractivity contribution in [3.05, 3.63) is 22.7 Å². The Balaban J connectivity index is 2.49. The van der Waals surface area contributed by atoms with Crippen LogP contribution in [-0.2, 0) is 6.42 Å². The Kier molecular flexibility index (Phi) is 2.52. The van der Waals surface area contributed by atoms with Gasteiger partial charge in [-0.15, -0.1) is 0 Å². The van der Waals surface area contributed by atoms with E-state index in [-0.39, 0.29) is 6.10 Å². The molecule has 0 spiro atoms. The summed E-state index contributed by atoms with van der Waals surface area (Å²) in [6, 6.07) is 3.62. The number of fused-ring (bicyclic) bond motifs is 1. The smallest absolute Gasteiger partial charge is 0.124 e. The van der Waals surface area contributed by atoms with E-state index in [1.165, 1.54) is 0 Å². The van der Waals surface area contributed by atoms with Gasteiger partial charge in [0.1, 0.15) is 5.75 Å². The van der Waals surface area contributed by atoms with Crippen molar-refractivity contribution in [3.8, 4) is 5.75 Å². The Morgan fingerprint density at radius 3 is 3.07 bits per heavy atom. The lowest BCUT2D eigenvalue weighted by Crippen LogP contribution is -2.28. The van der Waals surface area contributed by atoms with Gasteiger partial charge in [0.05, 0.1) is 23.9 Å². The Hall–Kier alpha value is -0.930. The highest BCUT2D eigenvalue weighted by molar-refractivity contribution is 6.33. The predicted molar refractivity (Wildman–Crippen MR) is 56.2 cm³/mol. The molecule has 1 atom stereocenters. The summed E-state index contributed by atoms with van der Waals surface area (Å²) in [4.78, 5) is 0. The maximum absolute atomic E-state index is 9.51. The zero-order valence-electron chi connectivity index (χ0n) is 7.88. The second-order valence-corrected chi connectivity index (χ2v) is 3.75. The molecule has 1 heterocycles. The van der Waals surface area contributed by atoms with Crippen LogP contribution in [-0.4, -0.2) is 24.9 Å². The normalized spacial score (nSPS) is 19.8. The van der Waals surface area contributed by atoms with E-state index in [0.717, 1.165) is 17.0 Å². The van der Waals surface area contributed by atoms with Crippen LogP contribution >= 0.6 is 11.6 Å². The number of aliphatic hydroxyl groups excluding tert-OH is 1. The van der Waals surface area contributed by atoms with E-state index in [1.54, 1.807) is 13.2 Å². The molecule has 4 heteroatoms. The third kappa shape index (κ3) is 1.53. The summed E-state index contributed by atoms with van der Waals surface area (Å²) in [6.45, 7) is 0.542. The van der Waals surface area contributed by atoms with E-state index in [1.807, 2.05) is 6.07 Å². The zero-order chi connectivity index (χ0) is 10.1. The van der Waals surface area contributed by atoms with Crippen LogP contribution in [0.2, 0.25) is 5.02 Å². The van der Waals surface area contributed by atoms with E-state index >= 15 is 0 Å². The summed E-state index contributed by atoms with van der Waals surface area (Å²) < 4.78 is 5.21. The van der Waals surface area contributed by atoms with Crippen molar-refractivity contribution in [2.75, 3.05) is 19.0 Å². The minimum absolute atomic E-state index is 0.366. The van der Waals surface area contributed by atoms with E-state index < -0.39 is 0 Å². The molecule has 0 fully saturated rings. The molecule has 0 aliphatic carbocycles. The first-order valence-corrected chi connectivity index (χ1v) is 4.87. The van der Waals surface area contributed by atoms with Crippen molar-refractivity contribution < 1.29 is 9.84 Å². The Morgan fingerprint density at radius 1 is 1.57 bits per heavy atom. The summed E-state index contributed by atoms with van der Waals surface area (Å²) >= 11 is 6.02. The SMILES string of the molecule is COc1ccc(Cl)c2c1CC(O)CN2. The minimum atomic E-state index is -0.366. The van der Waals surface area contributed by atoms with Crippen LogP contribution in [0.4, 0.5) is 5.69 Å². The lowest BCUT2D eigenvalue weighted by atomic mass is 10.0. The van der Waals surface area contributed by atoms with E-state index in [2.05, 4.69) is 5.32 Å². The molecular weight excluding hydrogens is 202 g/mol. The highest BCUT2D eigenvalue weighted by Crippen LogP contribution is 2.36.